The largest absolute Gasteiger partial charge is 0.393 e. The summed E-state index contributed by atoms with van der Waals surface area (Å²) in [4.78, 5) is 5.44. The van der Waals surface area contributed by atoms with Crippen molar-refractivity contribution < 1.29 is 4.84 Å². The predicted molar refractivity (Wildman–Crippen MR) is 53.8 cm³/mol. The van der Waals surface area contributed by atoms with E-state index < -0.39 is 0 Å². The zero-order chi connectivity index (χ0) is 9.31. The van der Waals surface area contributed by atoms with Gasteiger partial charge in [-0.2, -0.15) is 0 Å². The summed E-state index contributed by atoms with van der Waals surface area (Å²) in [7, 11) is 0. The van der Waals surface area contributed by atoms with Crippen molar-refractivity contribution in [3.63, 3.8) is 0 Å². The Morgan fingerprint density at radius 1 is 1.38 bits per heavy atom. The van der Waals surface area contributed by atoms with Gasteiger partial charge in [0.05, 0.1) is 5.71 Å². The quantitative estimate of drug-likeness (QED) is 0.600. The molecule has 0 unspecified atom stereocenters. The minimum absolute atomic E-state index is 0.441. The van der Waals surface area contributed by atoms with E-state index in [0.717, 1.165) is 12.8 Å². The second-order valence-electron chi connectivity index (χ2n) is 5.16. The van der Waals surface area contributed by atoms with Gasteiger partial charge >= 0.3 is 0 Å². The highest BCUT2D eigenvalue weighted by molar-refractivity contribution is 5.86. The Labute approximate surface area is 80.3 Å². The van der Waals surface area contributed by atoms with E-state index in [2.05, 4.69) is 19.0 Å². The van der Waals surface area contributed by atoms with Crippen LogP contribution in [-0.2, 0) is 4.84 Å². The molecule has 0 aliphatic heterocycles. The lowest BCUT2D eigenvalue weighted by Crippen LogP contribution is -2.19. The molecular formula is C11H19NO. The van der Waals surface area contributed by atoms with Crippen LogP contribution in [0.1, 0.15) is 52.4 Å². The van der Waals surface area contributed by atoms with Crippen molar-refractivity contribution in [3.05, 3.63) is 0 Å². The van der Waals surface area contributed by atoms with Crippen LogP contribution in [0.2, 0.25) is 0 Å². The summed E-state index contributed by atoms with van der Waals surface area (Å²) in [6.07, 6.45) is 7.71. The summed E-state index contributed by atoms with van der Waals surface area (Å²) < 4.78 is 0. The van der Waals surface area contributed by atoms with E-state index in [1.165, 1.54) is 31.4 Å². The molecule has 2 heteroatoms. The maximum absolute atomic E-state index is 5.44. The Morgan fingerprint density at radius 2 is 2.15 bits per heavy atom. The van der Waals surface area contributed by atoms with Crippen molar-refractivity contribution in [1.82, 2.24) is 0 Å². The monoisotopic (exact) mass is 181 g/mol. The van der Waals surface area contributed by atoms with Crippen molar-refractivity contribution in [1.29, 1.82) is 0 Å². The molecule has 2 saturated carbocycles. The molecule has 0 aromatic rings. The molecule has 0 spiro atoms. The number of oxime groups is 1. The highest BCUT2D eigenvalue weighted by Gasteiger charge is 2.28. The normalized spacial score (nSPS) is 30.5. The third kappa shape index (κ3) is 2.23. The molecule has 0 heterocycles. The first-order valence-electron chi connectivity index (χ1n) is 5.37. The van der Waals surface area contributed by atoms with Crippen LogP contribution in [0.15, 0.2) is 5.16 Å². The van der Waals surface area contributed by atoms with E-state index in [1.54, 1.807) is 0 Å². The highest BCUT2D eigenvalue weighted by Crippen LogP contribution is 2.35. The molecule has 0 bridgehead atoms. The number of rotatable bonds is 2. The van der Waals surface area contributed by atoms with Crippen molar-refractivity contribution in [2.75, 3.05) is 0 Å². The van der Waals surface area contributed by atoms with Gasteiger partial charge in [0.1, 0.15) is 6.10 Å². The third-order valence-electron chi connectivity index (χ3n) is 3.16. The van der Waals surface area contributed by atoms with Gasteiger partial charge in [-0.05, 0) is 43.9 Å². The van der Waals surface area contributed by atoms with Gasteiger partial charge in [0.25, 0.3) is 0 Å². The minimum atomic E-state index is 0.441. The summed E-state index contributed by atoms with van der Waals surface area (Å²) in [5.74, 6) is 0. The number of hydrogen-bond donors (Lipinski definition) is 0. The molecule has 2 aliphatic rings. The number of hydrogen-bond acceptors (Lipinski definition) is 2. The molecule has 2 fully saturated rings. The van der Waals surface area contributed by atoms with Crippen molar-refractivity contribution in [2.24, 2.45) is 10.6 Å². The van der Waals surface area contributed by atoms with E-state index in [9.17, 15) is 0 Å². The lowest BCUT2D eigenvalue weighted by Gasteiger charge is -2.22. The second-order valence-corrected chi connectivity index (χ2v) is 5.16. The lowest BCUT2D eigenvalue weighted by atomic mass is 9.92. The molecule has 0 radical (unpaired) electrons. The van der Waals surface area contributed by atoms with Crippen LogP contribution in [0.3, 0.4) is 0 Å². The predicted octanol–water partition coefficient (Wildman–Crippen LogP) is 3.12. The SMILES string of the molecule is CC1(C)CC/C(=N/OC2CCC2)C1. The average molecular weight is 181 g/mol. The van der Waals surface area contributed by atoms with Crippen molar-refractivity contribution in [3.8, 4) is 0 Å². The topological polar surface area (TPSA) is 21.6 Å². The summed E-state index contributed by atoms with van der Waals surface area (Å²) in [6.45, 7) is 4.61. The Balaban J connectivity index is 1.80. The maximum Gasteiger partial charge on any atom is 0.127 e. The Kier molecular flexibility index (Phi) is 2.31. The van der Waals surface area contributed by atoms with Gasteiger partial charge in [0, 0.05) is 0 Å². The molecule has 74 valence electrons. The zero-order valence-electron chi connectivity index (χ0n) is 8.68. The Morgan fingerprint density at radius 3 is 2.62 bits per heavy atom. The lowest BCUT2D eigenvalue weighted by molar-refractivity contribution is 0.00547. The summed E-state index contributed by atoms with van der Waals surface area (Å²) in [5, 5.41) is 4.26. The minimum Gasteiger partial charge on any atom is -0.393 e. The molecule has 2 aliphatic carbocycles. The molecule has 13 heavy (non-hydrogen) atoms. The van der Waals surface area contributed by atoms with E-state index >= 15 is 0 Å². The highest BCUT2D eigenvalue weighted by atomic mass is 16.6. The van der Waals surface area contributed by atoms with Gasteiger partial charge in [0.2, 0.25) is 0 Å². The fourth-order valence-electron chi connectivity index (χ4n) is 1.92. The van der Waals surface area contributed by atoms with Crippen LogP contribution in [0.5, 0.6) is 0 Å². The van der Waals surface area contributed by atoms with E-state index in [1.807, 2.05) is 0 Å². The summed E-state index contributed by atoms with van der Waals surface area (Å²) in [6, 6.07) is 0. The summed E-state index contributed by atoms with van der Waals surface area (Å²) >= 11 is 0. The molecule has 0 N–H and O–H groups in total. The van der Waals surface area contributed by atoms with E-state index in [-0.39, 0.29) is 0 Å². The van der Waals surface area contributed by atoms with Crippen molar-refractivity contribution >= 4 is 5.71 Å². The molecular weight excluding hydrogens is 162 g/mol. The molecule has 2 nitrogen and oxygen atoms in total. The van der Waals surface area contributed by atoms with E-state index in [0.29, 0.717) is 11.5 Å². The van der Waals surface area contributed by atoms with Crippen LogP contribution in [-0.4, -0.2) is 11.8 Å². The standard InChI is InChI=1S/C11H19NO/c1-11(2)7-6-9(8-11)12-13-10-4-3-5-10/h10H,3-8H2,1-2H3/b12-9-. The first-order chi connectivity index (χ1) is 6.16. The maximum atomic E-state index is 5.44. The molecule has 0 aromatic heterocycles. The number of nitrogens with zero attached hydrogens (tertiary/aromatic N) is 1. The summed E-state index contributed by atoms with van der Waals surface area (Å²) in [5.41, 5.74) is 1.74. The van der Waals surface area contributed by atoms with Crippen LogP contribution in [0.4, 0.5) is 0 Å². The van der Waals surface area contributed by atoms with Gasteiger partial charge in [-0.15, -0.1) is 0 Å². The van der Waals surface area contributed by atoms with Gasteiger partial charge in [-0.3, -0.25) is 0 Å². The first kappa shape index (κ1) is 9.04. The first-order valence-corrected chi connectivity index (χ1v) is 5.37. The van der Waals surface area contributed by atoms with Crippen LogP contribution < -0.4 is 0 Å². The van der Waals surface area contributed by atoms with Gasteiger partial charge < -0.3 is 4.84 Å². The molecule has 2 rings (SSSR count). The third-order valence-corrected chi connectivity index (χ3v) is 3.16. The molecule has 0 aromatic carbocycles. The van der Waals surface area contributed by atoms with Crippen LogP contribution in [0, 0.1) is 5.41 Å². The second kappa shape index (κ2) is 3.32. The average Bonchev–Trinajstić information content (AvgIpc) is 2.27. The van der Waals surface area contributed by atoms with Crippen molar-refractivity contribution in [2.45, 2.75) is 58.5 Å². The Bertz CT molecular complexity index is 216. The van der Waals surface area contributed by atoms with Crippen LogP contribution in [0.25, 0.3) is 0 Å². The van der Waals surface area contributed by atoms with Gasteiger partial charge in [-0.1, -0.05) is 19.0 Å². The molecule has 0 atom stereocenters. The van der Waals surface area contributed by atoms with Crippen LogP contribution >= 0.6 is 0 Å². The Hall–Kier alpha value is -0.530. The molecule has 0 saturated heterocycles. The fourth-order valence-corrected chi connectivity index (χ4v) is 1.92. The smallest absolute Gasteiger partial charge is 0.127 e. The zero-order valence-corrected chi connectivity index (χ0v) is 8.68. The van der Waals surface area contributed by atoms with Gasteiger partial charge in [0.15, 0.2) is 0 Å². The fraction of sp³-hybridized carbons (Fsp3) is 0.909. The van der Waals surface area contributed by atoms with E-state index in [4.69, 9.17) is 4.84 Å². The molecule has 0 amide bonds. The van der Waals surface area contributed by atoms with Gasteiger partial charge in [-0.25, -0.2) is 0 Å².